The molecule has 4 rings (SSSR count). The summed E-state index contributed by atoms with van der Waals surface area (Å²) in [5.74, 6) is 1.12. The molecule has 0 saturated heterocycles. The molecule has 0 saturated carbocycles. The summed E-state index contributed by atoms with van der Waals surface area (Å²) in [4.78, 5) is 13.2. The number of hydrogen-bond donors (Lipinski definition) is 1. The number of rotatable bonds is 1. The Labute approximate surface area is 114 Å². The summed E-state index contributed by atoms with van der Waals surface area (Å²) in [7, 11) is 0. The van der Waals surface area contributed by atoms with Crippen molar-refractivity contribution < 1.29 is 0 Å². The Morgan fingerprint density at radius 3 is 2.85 bits per heavy atom. The van der Waals surface area contributed by atoms with Gasteiger partial charge in [0.1, 0.15) is 11.5 Å². The number of fused-ring (bicyclic) bond motifs is 2. The van der Waals surface area contributed by atoms with Crippen LogP contribution in [0, 0.1) is 0 Å². The molecule has 5 heteroatoms. The van der Waals surface area contributed by atoms with E-state index in [0.717, 1.165) is 22.1 Å². The first-order valence-corrected chi connectivity index (χ1v) is 6.26. The zero-order valence-corrected chi connectivity index (χ0v) is 10.6. The highest BCUT2D eigenvalue weighted by Crippen LogP contribution is 2.23. The summed E-state index contributed by atoms with van der Waals surface area (Å²) in [5, 5.41) is 0.875. The first kappa shape index (κ1) is 10.9. The second-order valence-corrected chi connectivity index (χ2v) is 4.56. The molecule has 1 aromatic carbocycles. The zero-order chi connectivity index (χ0) is 13.5. The minimum Gasteiger partial charge on any atom is -0.383 e. The van der Waals surface area contributed by atoms with Crippen molar-refractivity contribution in [2.45, 2.75) is 0 Å². The molecule has 20 heavy (non-hydrogen) atoms. The molecule has 0 atom stereocenters. The van der Waals surface area contributed by atoms with Gasteiger partial charge in [-0.25, -0.2) is 15.0 Å². The largest absolute Gasteiger partial charge is 0.383 e. The van der Waals surface area contributed by atoms with Crippen LogP contribution in [-0.2, 0) is 0 Å². The molecule has 0 aliphatic heterocycles. The van der Waals surface area contributed by atoms with Crippen LogP contribution in [-0.4, -0.2) is 19.4 Å². The van der Waals surface area contributed by atoms with Gasteiger partial charge >= 0.3 is 0 Å². The van der Waals surface area contributed by atoms with Gasteiger partial charge in [0.05, 0.1) is 5.52 Å². The predicted molar refractivity (Wildman–Crippen MR) is 78.1 cm³/mol. The smallest absolute Gasteiger partial charge is 0.163 e. The minimum absolute atomic E-state index is 0.497. The van der Waals surface area contributed by atoms with Crippen LogP contribution >= 0.6 is 0 Å². The Hall–Kier alpha value is -2.95. The molecule has 2 N–H and O–H groups in total. The number of anilines is 1. The van der Waals surface area contributed by atoms with Gasteiger partial charge in [0.2, 0.25) is 0 Å². The summed E-state index contributed by atoms with van der Waals surface area (Å²) in [5.41, 5.74) is 8.67. The molecule has 0 aliphatic rings. The topological polar surface area (TPSA) is 69.1 Å². The number of aromatic nitrogens is 4. The van der Waals surface area contributed by atoms with Crippen LogP contribution in [0.3, 0.4) is 0 Å². The first-order valence-electron chi connectivity index (χ1n) is 6.26. The number of benzene rings is 1. The van der Waals surface area contributed by atoms with Gasteiger partial charge in [-0.1, -0.05) is 12.1 Å². The van der Waals surface area contributed by atoms with Crippen molar-refractivity contribution >= 4 is 22.4 Å². The van der Waals surface area contributed by atoms with Crippen molar-refractivity contribution in [1.29, 1.82) is 0 Å². The van der Waals surface area contributed by atoms with Crippen LogP contribution in [0.4, 0.5) is 5.82 Å². The summed E-state index contributed by atoms with van der Waals surface area (Å²) >= 11 is 0. The van der Waals surface area contributed by atoms with Crippen molar-refractivity contribution in [3.8, 4) is 11.4 Å². The van der Waals surface area contributed by atoms with Gasteiger partial charge in [-0.15, -0.1) is 0 Å². The van der Waals surface area contributed by atoms with E-state index in [1.54, 1.807) is 6.20 Å². The molecule has 0 amide bonds. The highest BCUT2D eigenvalue weighted by atomic mass is 15.0. The average molecular weight is 261 g/mol. The van der Waals surface area contributed by atoms with Gasteiger partial charge in [0, 0.05) is 29.5 Å². The Bertz CT molecular complexity index is 926. The Morgan fingerprint density at radius 1 is 1.00 bits per heavy atom. The molecule has 0 aliphatic carbocycles. The van der Waals surface area contributed by atoms with E-state index < -0.39 is 0 Å². The normalized spacial score (nSPS) is 11.2. The number of imidazole rings is 1. The fraction of sp³-hybridized carbons (Fsp3) is 0. The van der Waals surface area contributed by atoms with E-state index in [0.29, 0.717) is 11.6 Å². The second-order valence-electron chi connectivity index (χ2n) is 4.56. The van der Waals surface area contributed by atoms with Crippen LogP contribution in [0.15, 0.2) is 55.0 Å². The molecular weight excluding hydrogens is 250 g/mol. The van der Waals surface area contributed by atoms with Crippen molar-refractivity contribution in [3.05, 3.63) is 55.0 Å². The van der Waals surface area contributed by atoms with Crippen LogP contribution in [0.5, 0.6) is 0 Å². The molecule has 3 heterocycles. The second kappa shape index (κ2) is 4.03. The fourth-order valence-corrected chi connectivity index (χ4v) is 2.28. The lowest BCUT2D eigenvalue weighted by atomic mass is 10.2. The maximum atomic E-state index is 6.02. The monoisotopic (exact) mass is 261 g/mol. The molecule has 96 valence electrons. The predicted octanol–water partition coefficient (Wildman–Crippen LogP) is 2.53. The summed E-state index contributed by atoms with van der Waals surface area (Å²) in [6.45, 7) is 0. The lowest BCUT2D eigenvalue weighted by molar-refractivity contribution is 1.16. The summed E-state index contributed by atoms with van der Waals surface area (Å²) < 4.78 is 1.93. The van der Waals surface area contributed by atoms with Crippen LogP contribution in [0.2, 0.25) is 0 Å². The highest BCUT2D eigenvalue weighted by molar-refractivity contribution is 5.89. The summed E-state index contributed by atoms with van der Waals surface area (Å²) in [6, 6.07) is 11.6. The van der Waals surface area contributed by atoms with E-state index in [-0.39, 0.29) is 0 Å². The number of nitrogens with zero attached hydrogens (tertiary/aromatic N) is 4. The van der Waals surface area contributed by atoms with Gasteiger partial charge in [0.25, 0.3) is 0 Å². The van der Waals surface area contributed by atoms with E-state index in [1.807, 2.05) is 53.2 Å². The van der Waals surface area contributed by atoms with E-state index in [4.69, 9.17) is 5.73 Å². The van der Waals surface area contributed by atoms with E-state index in [9.17, 15) is 0 Å². The van der Waals surface area contributed by atoms with Gasteiger partial charge in [-0.2, -0.15) is 0 Å². The van der Waals surface area contributed by atoms with Gasteiger partial charge in [-0.05, 0) is 24.3 Å². The standard InChI is InChI=1S/C15H11N5/c16-14-11-3-1-2-4-12(11)18-15(19-14)10-5-6-13-17-7-8-20(13)9-10/h1-9H,(H2,16,18,19). The number of nitrogens with two attached hydrogens (primary N) is 1. The van der Waals surface area contributed by atoms with Crippen LogP contribution in [0.25, 0.3) is 27.9 Å². The highest BCUT2D eigenvalue weighted by Gasteiger charge is 2.07. The van der Waals surface area contributed by atoms with E-state index >= 15 is 0 Å². The van der Waals surface area contributed by atoms with Crippen LogP contribution in [0.1, 0.15) is 0 Å². The average Bonchev–Trinajstić information content (AvgIpc) is 2.94. The molecule has 0 unspecified atom stereocenters. The van der Waals surface area contributed by atoms with E-state index in [2.05, 4.69) is 15.0 Å². The van der Waals surface area contributed by atoms with Crippen molar-refractivity contribution in [3.63, 3.8) is 0 Å². The molecule has 0 fully saturated rings. The molecule has 0 spiro atoms. The van der Waals surface area contributed by atoms with Gasteiger partial charge in [-0.3, -0.25) is 0 Å². The number of hydrogen-bond acceptors (Lipinski definition) is 4. The lowest BCUT2D eigenvalue weighted by Crippen LogP contribution is -1.98. The fourth-order valence-electron chi connectivity index (χ4n) is 2.28. The third kappa shape index (κ3) is 1.60. The lowest BCUT2D eigenvalue weighted by Gasteiger charge is -2.05. The number of nitrogen functional groups attached to an aromatic ring is 1. The van der Waals surface area contributed by atoms with E-state index in [1.165, 1.54) is 0 Å². The number of para-hydroxylation sites is 1. The van der Waals surface area contributed by atoms with Crippen LogP contribution < -0.4 is 5.73 Å². The third-order valence-electron chi connectivity index (χ3n) is 3.28. The molecule has 0 bridgehead atoms. The van der Waals surface area contributed by atoms with Crippen molar-refractivity contribution in [2.24, 2.45) is 0 Å². The quantitative estimate of drug-likeness (QED) is 0.571. The molecule has 0 radical (unpaired) electrons. The minimum atomic E-state index is 0.497. The molecule has 4 aromatic rings. The molecule has 5 nitrogen and oxygen atoms in total. The number of pyridine rings is 1. The Kier molecular flexibility index (Phi) is 2.20. The maximum Gasteiger partial charge on any atom is 0.163 e. The molecule has 3 aromatic heterocycles. The van der Waals surface area contributed by atoms with Gasteiger partial charge in [0.15, 0.2) is 5.82 Å². The van der Waals surface area contributed by atoms with Crippen molar-refractivity contribution in [1.82, 2.24) is 19.4 Å². The Morgan fingerprint density at radius 2 is 1.90 bits per heavy atom. The third-order valence-corrected chi connectivity index (χ3v) is 3.28. The summed E-state index contributed by atoms with van der Waals surface area (Å²) in [6.07, 6.45) is 5.60. The first-order chi connectivity index (χ1) is 9.81. The zero-order valence-electron chi connectivity index (χ0n) is 10.6. The maximum absolute atomic E-state index is 6.02. The molecular formula is C15H11N5. The van der Waals surface area contributed by atoms with Crippen molar-refractivity contribution in [2.75, 3.05) is 5.73 Å². The van der Waals surface area contributed by atoms with Gasteiger partial charge < -0.3 is 10.1 Å². The Balaban J connectivity index is 1.96. The SMILES string of the molecule is Nc1nc(-c2ccc3nccn3c2)nc2ccccc12.